The first kappa shape index (κ1) is 18.7. The maximum absolute atomic E-state index is 12.1. The highest BCUT2D eigenvalue weighted by Crippen LogP contribution is 2.24. The normalized spacial score (nSPS) is 11.8. The second-order valence-electron chi connectivity index (χ2n) is 6.00. The Morgan fingerprint density at radius 1 is 1.24 bits per heavy atom. The van der Waals surface area contributed by atoms with Gasteiger partial charge in [0.15, 0.2) is 6.61 Å². The van der Waals surface area contributed by atoms with Crippen LogP contribution in [0.25, 0.3) is 0 Å². The van der Waals surface area contributed by atoms with E-state index in [0.29, 0.717) is 29.8 Å². The number of esters is 1. The first-order valence-electron chi connectivity index (χ1n) is 8.25. The maximum Gasteiger partial charge on any atom is 0.355 e. The molecule has 0 spiro atoms. The monoisotopic (exact) mass is 344 g/mol. The van der Waals surface area contributed by atoms with Gasteiger partial charge in [0.05, 0.1) is 6.10 Å². The molecule has 134 valence electrons. The number of aliphatic hydroxyl groups is 1. The number of carbonyl (C=O) groups excluding carboxylic acids is 2. The summed E-state index contributed by atoms with van der Waals surface area (Å²) in [7, 11) is 0. The van der Waals surface area contributed by atoms with Gasteiger partial charge in [-0.25, -0.2) is 4.79 Å². The number of amides is 1. The van der Waals surface area contributed by atoms with Crippen molar-refractivity contribution in [3.63, 3.8) is 0 Å². The van der Waals surface area contributed by atoms with Crippen molar-refractivity contribution in [2.45, 2.75) is 33.3 Å². The van der Waals surface area contributed by atoms with E-state index in [9.17, 15) is 14.7 Å². The molecule has 0 bridgehead atoms. The molecule has 0 aliphatic rings. The summed E-state index contributed by atoms with van der Waals surface area (Å²) in [6, 6.07) is 9.81. The van der Waals surface area contributed by atoms with Gasteiger partial charge in [0, 0.05) is 17.8 Å². The predicted octanol–water partition coefficient (Wildman–Crippen LogP) is 2.20. The van der Waals surface area contributed by atoms with Crippen molar-refractivity contribution in [1.29, 1.82) is 0 Å². The van der Waals surface area contributed by atoms with Crippen molar-refractivity contribution in [2.75, 3.05) is 13.2 Å². The lowest BCUT2D eigenvalue weighted by molar-refractivity contribution is -0.124. The molecule has 6 nitrogen and oxygen atoms in total. The number of ether oxygens (including phenoxy) is 1. The summed E-state index contributed by atoms with van der Waals surface area (Å²) in [4.78, 5) is 26.9. The predicted molar refractivity (Wildman–Crippen MR) is 94.3 cm³/mol. The van der Waals surface area contributed by atoms with Crippen molar-refractivity contribution >= 4 is 11.9 Å². The molecular weight excluding hydrogens is 320 g/mol. The lowest BCUT2D eigenvalue weighted by Crippen LogP contribution is -2.30. The molecule has 0 aliphatic carbocycles. The fourth-order valence-corrected chi connectivity index (χ4v) is 2.84. The molecule has 0 saturated carbocycles. The minimum Gasteiger partial charge on any atom is -0.451 e. The van der Waals surface area contributed by atoms with E-state index in [-0.39, 0.29) is 18.2 Å². The molecule has 2 rings (SSSR count). The number of aromatic nitrogens is 1. The van der Waals surface area contributed by atoms with Crippen LogP contribution in [-0.2, 0) is 16.0 Å². The van der Waals surface area contributed by atoms with E-state index < -0.39 is 12.1 Å². The lowest BCUT2D eigenvalue weighted by atomic mass is 10.1. The summed E-state index contributed by atoms with van der Waals surface area (Å²) in [5.74, 6) is -0.952. The van der Waals surface area contributed by atoms with E-state index in [2.05, 4.69) is 10.3 Å². The van der Waals surface area contributed by atoms with Crippen molar-refractivity contribution in [2.24, 2.45) is 0 Å². The summed E-state index contributed by atoms with van der Waals surface area (Å²) >= 11 is 0. The number of benzene rings is 1. The van der Waals surface area contributed by atoms with Crippen LogP contribution in [0.1, 0.15) is 45.9 Å². The van der Waals surface area contributed by atoms with E-state index in [4.69, 9.17) is 4.74 Å². The third-order valence-electron chi connectivity index (χ3n) is 4.03. The van der Waals surface area contributed by atoms with Crippen LogP contribution in [0.3, 0.4) is 0 Å². The first-order chi connectivity index (χ1) is 11.9. The van der Waals surface area contributed by atoms with Gasteiger partial charge in [-0.1, -0.05) is 30.3 Å². The Labute approximate surface area is 147 Å². The average molecular weight is 344 g/mol. The first-order valence-corrected chi connectivity index (χ1v) is 8.25. The van der Waals surface area contributed by atoms with Crippen molar-refractivity contribution < 1.29 is 19.4 Å². The van der Waals surface area contributed by atoms with Crippen LogP contribution in [-0.4, -0.2) is 35.1 Å². The molecule has 1 amide bonds. The Morgan fingerprint density at radius 2 is 1.92 bits per heavy atom. The van der Waals surface area contributed by atoms with Crippen LogP contribution in [0, 0.1) is 13.8 Å². The second kappa shape index (κ2) is 8.48. The standard InChI is InChI=1S/C19H24N2O4/c1-12-17(14(3)22)13(2)21-18(12)19(24)25-11-16(23)20-10-9-15-7-5-4-6-8-15/h4-8,14,21-22H,9-11H2,1-3H3,(H,20,23)/t14-/m1/s1. The molecular formula is C19H24N2O4. The van der Waals surface area contributed by atoms with Gasteiger partial charge in [-0.15, -0.1) is 0 Å². The summed E-state index contributed by atoms with van der Waals surface area (Å²) in [6.45, 7) is 5.30. The van der Waals surface area contributed by atoms with Crippen LogP contribution in [0.2, 0.25) is 0 Å². The van der Waals surface area contributed by atoms with Crippen LogP contribution < -0.4 is 5.32 Å². The molecule has 0 radical (unpaired) electrons. The van der Waals surface area contributed by atoms with Gasteiger partial charge >= 0.3 is 5.97 Å². The summed E-state index contributed by atoms with van der Waals surface area (Å²) in [6.07, 6.45) is 0.0341. The van der Waals surface area contributed by atoms with Gasteiger partial charge in [-0.3, -0.25) is 4.79 Å². The Kier molecular flexibility index (Phi) is 6.36. The van der Waals surface area contributed by atoms with Crippen molar-refractivity contribution in [1.82, 2.24) is 10.3 Å². The number of nitrogens with one attached hydrogen (secondary N) is 2. The fraction of sp³-hybridized carbons (Fsp3) is 0.368. The third kappa shape index (κ3) is 4.93. The zero-order chi connectivity index (χ0) is 18.4. The number of hydrogen-bond acceptors (Lipinski definition) is 4. The van der Waals surface area contributed by atoms with Gasteiger partial charge in [-0.05, 0) is 38.3 Å². The highest BCUT2D eigenvalue weighted by atomic mass is 16.5. The highest BCUT2D eigenvalue weighted by molar-refractivity contribution is 5.91. The van der Waals surface area contributed by atoms with Crippen LogP contribution in [0.4, 0.5) is 0 Å². The van der Waals surface area contributed by atoms with Crippen molar-refractivity contribution in [3.05, 3.63) is 58.4 Å². The van der Waals surface area contributed by atoms with Gasteiger partial charge in [-0.2, -0.15) is 0 Å². The molecule has 1 atom stereocenters. The van der Waals surface area contributed by atoms with E-state index in [1.807, 2.05) is 30.3 Å². The zero-order valence-electron chi connectivity index (χ0n) is 14.8. The molecule has 25 heavy (non-hydrogen) atoms. The molecule has 6 heteroatoms. The fourth-order valence-electron chi connectivity index (χ4n) is 2.84. The summed E-state index contributed by atoms with van der Waals surface area (Å²) in [5, 5.41) is 12.5. The number of hydrogen-bond donors (Lipinski definition) is 3. The number of rotatable bonds is 7. The lowest BCUT2D eigenvalue weighted by Gasteiger charge is -2.07. The van der Waals surface area contributed by atoms with Gasteiger partial charge in [0.2, 0.25) is 0 Å². The van der Waals surface area contributed by atoms with E-state index >= 15 is 0 Å². The molecule has 1 heterocycles. The Balaban J connectivity index is 1.81. The van der Waals surface area contributed by atoms with Gasteiger partial charge in [0.25, 0.3) is 5.91 Å². The highest BCUT2D eigenvalue weighted by Gasteiger charge is 2.21. The van der Waals surface area contributed by atoms with E-state index in [1.165, 1.54) is 0 Å². The second-order valence-corrected chi connectivity index (χ2v) is 6.00. The number of aliphatic hydroxyl groups excluding tert-OH is 1. The quantitative estimate of drug-likeness (QED) is 0.672. The van der Waals surface area contributed by atoms with Crippen LogP contribution in [0.15, 0.2) is 30.3 Å². The van der Waals surface area contributed by atoms with Gasteiger partial charge in [0.1, 0.15) is 5.69 Å². The van der Waals surface area contributed by atoms with Crippen molar-refractivity contribution in [3.8, 4) is 0 Å². The van der Waals surface area contributed by atoms with E-state index in [1.54, 1.807) is 20.8 Å². The molecule has 0 unspecified atom stereocenters. The molecule has 3 N–H and O–H groups in total. The Hall–Kier alpha value is -2.60. The number of H-pyrrole nitrogens is 1. The SMILES string of the molecule is Cc1[nH]c(C(=O)OCC(=O)NCCc2ccccc2)c(C)c1[C@@H](C)O. The number of aromatic amines is 1. The minimum atomic E-state index is -0.681. The molecule has 1 aromatic carbocycles. The summed E-state index contributed by atoms with van der Waals surface area (Å²) in [5.41, 5.74) is 3.43. The third-order valence-corrected chi connectivity index (χ3v) is 4.03. The topological polar surface area (TPSA) is 91.4 Å². The number of aryl methyl sites for hydroxylation is 1. The smallest absolute Gasteiger partial charge is 0.355 e. The van der Waals surface area contributed by atoms with E-state index in [0.717, 1.165) is 5.56 Å². The molecule has 0 fully saturated rings. The average Bonchev–Trinajstić information content (AvgIpc) is 2.88. The maximum atomic E-state index is 12.1. The molecule has 0 aliphatic heterocycles. The Morgan fingerprint density at radius 3 is 2.52 bits per heavy atom. The largest absolute Gasteiger partial charge is 0.451 e. The molecule has 1 aromatic heterocycles. The Bertz CT molecular complexity index is 735. The minimum absolute atomic E-state index is 0.269. The van der Waals surface area contributed by atoms with Crippen LogP contribution in [0.5, 0.6) is 0 Å². The molecule has 0 saturated heterocycles. The molecule has 2 aromatic rings. The number of carbonyl (C=O) groups is 2. The van der Waals surface area contributed by atoms with Crippen LogP contribution >= 0.6 is 0 Å². The summed E-state index contributed by atoms with van der Waals surface area (Å²) < 4.78 is 5.06. The zero-order valence-corrected chi connectivity index (χ0v) is 14.8. The van der Waals surface area contributed by atoms with Gasteiger partial charge < -0.3 is 20.1 Å².